The van der Waals surface area contributed by atoms with E-state index < -0.39 is 17.1 Å². The molecular weight excluding hydrogens is 398 g/mol. The molecule has 0 unspecified atom stereocenters. The third kappa shape index (κ3) is 4.44. The van der Waals surface area contributed by atoms with Crippen LogP contribution in [0.4, 0.5) is 4.79 Å². The number of amides is 2. The molecule has 0 bridgehead atoms. The van der Waals surface area contributed by atoms with Gasteiger partial charge in [0.15, 0.2) is 11.5 Å². The molecule has 1 aliphatic heterocycles. The number of terminal acetylenes is 1. The highest BCUT2D eigenvalue weighted by atomic mass is 32.2. The number of ether oxygens (including phenoxy) is 2. The molecule has 1 aromatic heterocycles. The summed E-state index contributed by atoms with van der Waals surface area (Å²) in [5, 5.41) is 10.3. The van der Waals surface area contributed by atoms with Crippen molar-refractivity contribution in [3.8, 4) is 23.8 Å². The van der Waals surface area contributed by atoms with E-state index in [9.17, 15) is 19.5 Å². The van der Waals surface area contributed by atoms with Crippen LogP contribution in [0.25, 0.3) is 6.08 Å². The second-order valence-corrected chi connectivity index (χ2v) is 6.72. The topological polar surface area (TPSA) is 109 Å². The number of rotatable bonds is 7. The normalized spacial score (nSPS) is 14.9. The zero-order chi connectivity index (χ0) is 21.0. The van der Waals surface area contributed by atoms with Crippen LogP contribution in [-0.2, 0) is 11.4 Å². The van der Waals surface area contributed by atoms with E-state index in [0.29, 0.717) is 22.8 Å². The van der Waals surface area contributed by atoms with Gasteiger partial charge in [0.2, 0.25) is 0 Å². The van der Waals surface area contributed by atoms with E-state index in [2.05, 4.69) is 5.92 Å². The number of carbonyl (C=O) groups excluding carboxylic acids is 3. The van der Waals surface area contributed by atoms with Gasteiger partial charge in [0.05, 0.1) is 18.6 Å². The van der Waals surface area contributed by atoms with Crippen LogP contribution in [0.3, 0.4) is 0 Å². The maximum absolute atomic E-state index is 12.2. The Morgan fingerprint density at radius 3 is 2.76 bits per heavy atom. The minimum absolute atomic E-state index is 0.0199. The number of aromatic carboxylic acids is 1. The molecule has 0 radical (unpaired) electrons. The Bertz CT molecular complexity index is 1050. The number of imide groups is 1. The third-order valence-electron chi connectivity index (χ3n) is 3.84. The van der Waals surface area contributed by atoms with Crippen molar-refractivity contribution in [2.75, 3.05) is 13.7 Å². The number of carboxylic acid groups (broad SMARTS) is 1. The van der Waals surface area contributed by atoms with Crippen LogP contribution in [0.1, 0.15) is 21.9 Å². The number of hydrogen-bond donors (Lipinski definition) is 0. The van der Waals surface area contributed by atoms with Crippen LogP contribution in [0.15, 0.2) is 39.7 Å². The summed E-state index contributed by atoms with van der Waals surface area (Å²) in [5.41, 5.74) is 0.623. The van der Waals surface area contributed by atoms with Crippen molar-refractivity contribution in [3.05, 3.63) is 52.3 Å². The molecule has 0 atom stereocenters. The number of carbonyl (C=O) groups is 3. The second kappa shape index (κ2) is 8.58. The molecule has 2 amide bonds. The molecule has 3 rings (SSSR count). The molecule has 1 aliphatic rings. The zero-order valence-electron chi connectivity index (χ0n) is 15.2. The molecule has 8 nitrogen and oxygen atoms in total. The molecule has 0 N–H and O–H groups in total. The summed E-state index contributed by atoms with van der Waals surface area (Å²) in [4.78, 5) is 36.1. The van der Waals surface area contributed by atoms with Gasteiger partial charge in [-0.1, -0.05) is 12.0 Å². The van der Waals surface area contributed by atoms with Gasteiger partial charge in [0.1, 0.15) is 24.1 Å². The standard InChI is InChI=1S/C20H15NO7S/c1-3-8-21-18(22)17(29-20(21)25)10-12-4-6-14(16(9-12)26-2)27-11-13-5-7-15(28-13)19(23)24/h1,4-7,9-10H,8,11H2,2H3,(H,23,24)/p-1/b17-10+. The fraction of sp³-hybridized carbons (Fsp3) is 0.150. The Hall–Kier alpha value is -3.64. The molecule has 1 aromatic carbocycles. The third-order valence-corrected chi connectivity index (χ3v) is 4.75. The van der Waals surface area contributed by atoms with Gasteiger partial charge in [-0.15, -0.1) is 6.42 Å². The minimum atomic E-state index is -1.41. The van der Waals surface area contributed by atoms with E-state index in [1.807, 2.05) is 0 Å². The number of hydrogen-bond acceptors (Lipinski definition) is 8. The highest BCUT2D eigenvalue weighted by Gasteiger charge is 2.34. The monoisotopic (exact) mass is 412 g/mol. The van der Waals surface area contributed by atoms with Crippen molar-refractivity contribution >= 4 is 35.0 Å². The van der Waals surface area contributed by atoms with Crippen LogP contribution < -0.4 is 14.6 Å². The van der Waals surface area contributed by atoms with Crippen molar-refractivity contribution in [2.24, 2.45) is 0 Å². The van der Waals surface area contributed by atoms with Gasteiger partial charge in [0.25, 0.3) is 11.1 Å². The molecular formula is C20H14NO7S-. The fourth-order valence-electron chi connectivity index (χ4n) is 2.49. The zero-order valence-corrected chi connectivity index (χ0v) is 16.0. The van der Waals surface area contributed by atoms with Gasteiger partial charge >= 0.3 is 0 Å². The summed E-state index contributed by atoms with van der Waals surface area (Å²) in [5.74, 6) is 1.21. The maximum Gasteiger partial charge on any atom is 0.294 e. The maximum atomic E-state index is 12.2. The first kappa shape index (κ1) is 20.1. The van der Waals surface area contributed by atoms with Gasteiger partial charge in [0, 0.05) is 0 Å². The lowest BCUT2D eigenvalue weighted by molar-refractivity contribution is -0.257. The smallest absolute Gasteiger partial charge is 0.294 e. The molecule has 0 aliphatic carbocycles. The van der Waals surface area contributed by atoms with E-state index >= 15 is 0 Å². The number of nitrogens with zero attached hydrogens (tertiary/aromatic N) is 1. The lowest BCUT2D eigenvalue weighted by Crippen LogP contribution is -2.28. The Balaban J connectivity index is 1.75. The molecule has 148 valence electrons. The van der Waals surface area contributed by atoms with Crippen molar-refractivity contribution in [3.63, 3.8) is 0 Å². The summed E-state index contributed by atoms with van der Waals surface area (Å²) in [6.45, 7) is -0.0987. The quantitative estimate of drug-likeness (QED) is 0.501. The largest absolute Gasteiger partial charge is 0.542 e. The van der Waals surface area contributed by atoms with Crippen molar-refractivity contribution in [1.82, 2.24) is 4.90 Å². The van der Waals surface area contributed by atoms with Crippen molar-refractivity contribution in [1.29, 1.82) is 0 Å². The number of carboxylic acids is 1. The Kier molecular flexibility index (Phi) is 5.95. The SMILES string of the molecule is C#CCN1C(=O)S/C(=C/c2ccc(OCc3ccc(C(=O)[O-])o3)c(OC)c2)C1=O. The first-order valence-electron chi connectivity index (χ1n) is 8.22. The van der Waals surface area contributed by atoms with Crippen LogP contribution >= 0.6 is 11.8 Å². The number of benzene rings is 1. The molecule has 2 aromatic rings. The molecule has 1 saturated heterocycles. The van der Waals surface area contributed by atoms with Crippen LogP contribution in [0.5, 0.6) is 11.5 Å². The molecule has 29 heavy (non-hydrogen) atoms. The van der Waals surface area contributed by atoms with E-state index in [1.54, 1.807) is 24.3 Å². The summed E-state index contributed by atoms with van der Waals surface area (Å²) < 4.78 is 16.0. The first-order chi connectivity index (χ1) is 13.9. The summed E-state index contributed by atoms with van der Waals surface area (Å²) in [7, 11) is 1.45. The molecule has 1 fully saturated rings. The van der Waals surface area contributed by atoms with Gasteiger partial charge in [-0.05, 0) is 47.7 Å². The van der Waals surface area contributed by atoms with Crippen LogP contribution in [-0.4, -0.2) is 35.7 Å². The summed E-state index contributed by atoms with van der Waals surface area (Å²) in [6.07, 6.45) is 6.74. The van der Waals surface area contributed by atoms with E-state index in [4.69, 9.17) is 20.3 Å². The van der Waals surface area contributed by atoms with E-state index in [-0.39, 0.29) is 23.8 Å². The average molecular weight is 412 g/mol. The molecule has 0 saturated carbocycles. The number of methoxy groups -OCH3 is 1. The van der Waals surface area contributed by atoms with Crippen molar-refractivity contribution < 1.29 is 33.4 Å². The summed E-state index contributed by atoms with van der Waals surface area (Å²) in [6, 6.07) is 7.69. The van der Waals surface area contributed by atoms with Crippen LogP contribution in [0.2, 0.25) is 0 Å². The highest BCUT2D eigenvalue weighted by molar-refractivity contribution is 8.18. The van der Waals surface area contributed by atoms with Crippen molar-refractivity contribution in [2.45, 2.75) is 6.61 Å². The predicted molar refractivity (Wildman–Crippen MR) is 102 cm³/mol. The second-order valence-electron chi connectivity index (χ2n) is 5.72. The molecule has 9 heteroatoms. The predicted octanol–water partition coefficient (Wildman–Crippen LogP) is 1.90. The first-order valence-corrected chi connectivity index (χ1v) is 9.04. The highest BCUT2D eigenvalue weighted by Crippen LogP contribution is 2.34. The summed E-state index contributed by atoms with van der Waals surface area (Å²) >= 11 is 0.812. The van der Waals surface area contributed by atoms with Gasteiger partial charge < -0.3 is 23.8 Å². The molecule has 0 spiro atoms. The van der Waals surface area contributed by atoms with E-state index in [1.165, 1.54) is 19.2 Å². The lowest BCUT2D eigenvalue weighted by Gasteiger charge is -2.10. The Morgan fingerprint density at radius 1 is 1.31 bits per heavy atom. The average Bonchev–Trinajstić information content (AvgIpc) is 3.28. The molecule has 2 heterocycles. The Morgan fingerprint density at radius 2 is 2.10 bits per heavy atom. The fourth-order valence-corrected chi connectivity index (χ4v) is 3.32. The van der Waals surface area contributed by atoms with Gasteiger partial charge in [-0.2, -0.15) is 0 Å². The lowest BCUT2D eigenvalue weighted by atomic mass is 10.2. The Labute approximate surface area is 170 Å². The van der Waals surface area contributed by atoms with Gasteiger partial charge in [-0.3, -0.25) is 14.5 Å². The van der Waals surface area contributed by atoms with Gasteiger partial charge in [-0.25, -0.2) is 0 Å². The number of furan rings is 1. The van der Waals surface area contributed by atoms with Crippen LogP contribution in [0, 0.1) is 12.3 Å². The van der Waals surface area contributed by atoms with E-state index in [0.717, 1.165) is 16.7 Å². The number of thioether (sulfide) groups is 1. The minimum Gasteiger partial charge on any atom is -0.542 e.